The van der Waals surface area contributed by atoms with Crippen LogP contribution < -0.4 is 5.32 Å². The summed E-state index contributed by atoms with van der Waals surface area (Å²) in [4.78, 5) is 24.3. The van der Waals surface area contributed by atoms with Crippen LogP contribution in [0, 0.1) is 6.92 Å². The van der Waals surface area contributed by atoms with E-state index in [1.807, 2.05) is 19.1 Å². The second-order valence-corrected chi connectivity index (χ2v) is 10.6. The number of anilines is 1. The number of halogens is 1. The number of nitrogens with one attached hydrogen (secondary N) is 1. The van der Waals surface area contributed by atoms with Crippen LogP contribution in [0.25, 0.3) is 0 Å². The zero-order valence-corrected chi connectivity index (χ0v) is 20.4. The van der Waals surface area contributed by atoms with E-state index < -0.39 is 21.9 Å². The molecule has 0 aromatic heterocycles. The lowest BCUT2D eigenvalue weighted by Gasteiger charge is -2.25. The van der Waals surface area contributed by atoms with Crippen LogP contribution in [0.2, 0.25) is 0 Å². The van der Waals surface area contributed by atoms with Gasteiger partial charge in [0.1, 0.15) is 0 Å². The van der Waals surface area contributed by atoms with Gasteiger partial charge in [-0.1, -0.05) is 34.5 Å². The predicted octanol–water partition coefficient (Wildman–Crippen LogP) is 4.05. The zero-order valence-electron chi connectivity index (χ0n) is 18.0. The lowest BCUT2D eigenvalue weighted by atomic mass is 10.1. The molecule has 0 unspecified atom stereocenters. The Morgan fingerprint density at radius 1 is 1.06 bits per heavy atom. The van der Waals surface area contributed by atoms with E-state index in [1.165, 1.54) is 4.31 Å². The molecule has 1 heterocycles. The molecule has 1 saturated heterocycles. The molecule has 0 radical (unpaired) electrons. The van der Waals surface area contributed by atoms with Crippen LogP contribution in [0.5, 0.6) is 0 Å². The standard InChI is InChI=1S/C23H27BrN2O5S/c1-17-15-19(8-11-21(17)24)25-22(27)16-31-23(28)12-7-18-5-9-20(10-6-18)32(29,30)26-13-3-2-4-14-26/h5-6,8-11,15H,2-4,7,12-14,16H2,1H3,(H,25,27). The van der Waals surface area contributed by atoms with Crippen molar-refractivity contribution >= 4 is 43.5 Å². The molecular weight excluding hydrogens is 496 g/mol. The minimum Gasteiger partial charge on any atom is -0.456 e. The lowest BCUT2D eigenvalue weighted by Crippen LogP contribution is -2.35. The summed E-state index contributed by atoms with van der Waals surface area (Å²) in [5.74, 6) is -0.899. The quantitative estimate of drug-likeness (QED) is 0.528. The van der Waals surface area contributed by atoms with E-state index in [1.54, 1.807) is 30.3 Å². The molecule has 9 heteroatoms. The molecular formula is C23H27BrN2O5S. The molecule has 0 aliphatic carbocycles. The number of carbonyl (C=O) groups excluding carboxylic acids is 2. The van der Waals surface area contributed by atoms with E-state index >= 15 is 0 Å². The Balaban J connectivity index is 1.44. The average Bonchev–Trinajstić information content (AvgIpc) is 2.79. The fraction of sp³-hybridized carbons (Fsp3) is 0.391. The van der Waals surface area contributed by atoms with Crippen molar-refractivity contribution in [1.29, 1.82) is 0 Å². The SMILES string of the molecule is Cc1cc(NC(=O)COC(=O)CCc2ccc(S(=O)(=O)N3CCCCC3)cc2)ccc1Br. The molecule has 3 rings (SSSR count). The normalized spacial score (nSPS) is 14.7. The first kappa shape index (κ1) is 24.4. The number of amides is 1. The van der Waals surface area contributed by atoms with Crippen LogP contribution in [0.1, 0.15) is 36.8 Å². The van der Waals surface area contributed by atoms with Crippen molar-refractivity contribution in [3.05, 3.63) is 58.1 Å². The van der Waals surface area contributed by atoms with Crippen LogP contribution in [0.15, 0.2) is 51.8 Å². The highest BCUT2D eigenvalue weighted by molar-refractivity contribution is 9.10. The first-order valence-electron chi connectivity index (χ1n) is 10.6. The molecule has 1 aliphatic rings. The smallest absolute Gasteiger partial charge is 0.306 e. The van der Waals surface area contributed by atoms with Crippen molar-refractivity contribution < 1.29 is 22.7 Å². The molecule has 1 aliphatic heterocycles. The van der Waals surface area contributed by atoms with Crippen LogP contribution >= 0.6 is 15.9 Å². The van der Waals surface area contributed by atoms with E-state index in [0.717, 1.165) is 34.9 Å². The van der Waals surface area contributed by atoms with Crippen LogP contribution in [-0.4, -0.2) is 44.3 Å². The van der Waals surface area contributed by atoms with Crippen molar-refractivity contribution in [2.45, 2.75) is 43.9 Å². The first-order chi connectivity index (χ1) is 15.3. The van der Waals surface area contributed by atoms with Crippen LogP contribution in [0.3, 0.4) is 0 Å². The van der Waals surface area contributed by atoms with E-state index in [9.17, 15) is 18.0 Å². The molecule has 32 heavy (non-hydrogen) atoms. The monoisotopic (exact) mass is 522 g/mol. The van der Waals surface area contributed by atoms with Gasteiger partial charge in [-0.25, -0.2) is 8.42 Å². The van der Waals surface area contributed by atoms with Gasteiger partial charge in [-0.05, 0) is 67.6 Å². The van der Waals surface area contributed by atoms with Crippen LogP contribution in [-0.2, 0) is 30.8 Å². The number of hydrogen-bond acceptors (Lipinski definition) is 5. The molecule has 1 fully saturated rings. The fourth-order valence-electron chi connectivity index (χ4n) is 3.47. The second kappa shape index (κ2) is 11.1. The largest absolute Gasteiger partial charge is 0.456 e. The highest BCUT2D eigenvalue weighted by atomic mass is 79.9. The van der Waals surface area contributed by atoms with Gasteiger partial charge in [0, 0.05) is 29.7 Å². The molecule has 7 nitrogen and oxygen atoms in total. The Bertz CT molecular complexity index is 1060. The Morgan fingerprint density at radius 3 is 2.41 bits per heavy atom. The maximum Gasteiger partial charge on any atom is 0.306 e. The molecule has 0 bridgehead atoms. The topological polar surface area (TPSA) is 92.8 Å². The van der Waals surface area contributed by atoms with Crippen molar-refractivity contribution in [2.24, 2.45) is 0 Å². The molecule has 0 saturated carbocycles. The average molecular weight is 523 g/mol. The number of carbonyl (C=O) groups is 2. The van der Waals surface area contributed by atoms with E-state index in [2.05, 4.69) is 21.2 Å². The minimum absolute atomic E-state index is 0.100. The van der Waals surface area contributed by atoms with Gasteiger partial charge < -0.3 is 10.1 Å². The number of sulfonamides is 1. The van der Waals surface area contributed by atoms with Crippen LogP contribution in [0.4, 0.5) is 5.69 Å². The van der Waals surface area contributed by atoms with Gasteiger partial charge in [0.25, 0.3) is 5.91 Å². The predicted molar refractivity (Wildman–Crippen MR) is 126 cm³/mol. The van der Waals surface area contributed by atoms with E-state index in [0.29, 0.717) is 25.2 Å². The summed E-state index contributed by atoms with van der Waals surface area (Å²) in [7, 11) is -3.46. The van der Waals surface area contributed by atoms with E-state index in [-0.39, 0.29) is 17.9 Å². The Kier molecular flexibility index (Phi) is 8.44. The maximum atomic E-state index is 12.7. The minimum atomic E-state index is -3.46. The second-order valence-electron chi connectivity index (χ2n) is 7.78. The van der Waals surface area contributed by atoms with Gasteiger partial charge >= 0.3 is 5.97 Å². The Labute approximate surface area is 197 Å². The molecule has 1 amide bonds. The zero-order chi connectivity index (χ0) is 23.1. The van der Waals surface area contributed by atoms with Crippen molar-refractivity contribution in [3.8, 4) is 0 Å². The number of benzene rings is 2. The third kappa shape index (κ3) is 6.63. The van der Waals surface area contributed by atoms with E-state index in [4.69, 9.17) is 4.74 Å². The molecule has 0 spiro atoms. The maximum absolute atomic E-state index is 12.7. The Hall–Kier alpha value is -2.23. The molecule has 1 N–H and O–H groups in total. The van der Waals surface area contributed by atoms with Crippen molar-refractivity contribution in [2.75, 3.05) is 25.0 Å². The molecule has 0 atom stereocenters. The summed E-state index contributed by atoms with van der Waals surface area (Å²) >= 11 is 3.40. The molecule has 2 aromatic rings. The van der Waals surface area contributed by atoms with Gasteiger partial charge in [0.05, 0.1) is 4.90 Å². The number of piperidine rings is 1. The third-order valence-electron chi connectivity index (χ3n) is 5.30. The summed E-state index contributed by atoms with van der Waals surface area (Å²) in [5.41, 5.74) is 2.44. The number of nitrogens with zero attached hydrogens (tertiary/aromatic N) is 1. The number of rotatable bonds is 8. The summed E-state index contributed by atoms with van der Waals surface area (Å²) in [6.07, 6.45) is 3.34. The summed E-state index contributed by atoms with van der Waals surface area (Å²) in [5, 5.41) is 2.69. The fourth-order valence-corrected chi connectivity index (χ4v) is 5.23. The highest BCUT2D eigenvalue weighted by Crippen LogP contribution is 2.22. The lowest BCUT2D eigenvalue weighted by molar-refractivity contribution is -0.147. The molecule has 2 aromatic carbocycles. The third-order valence-corrected chi connectivity index (χ3v) is 8.10. The number of ether oxygens (including phenoxy) is 1. The number of esters is 1. The summed E-state index contributed by atoms with van der Waals surface area (Å²) in [6, 6.07) is 12.0. The molecule has 172 valence electrons. The van der Waals surface area contributed by atoms with Gasteiger partial charge in [-0.3, -0.25) is 9.59 Å². The van der Waals surface area contributed by atoms with Crippen molar-refractivity contribution in [3.63, 3.8) is 0 Å². The Morgan fingerprint density at radius 2 is 1.75 bits per heavy atom. The summed E-state index contributed by atoms with van der Waals surface area (Å²) in [6.45, 7) is 2.67. The van der Waals surface area contributed by atoms with Gasteiger partial charge in [0.2, 0.25) is 10.0 Å². The van der Waals surface area contributed by atoms with Gasteiger partial charge in [0.15, 0.2) is 6.61 Å². The highest BCUT2D eigenvalue weighted by Gasteiger charge is 2.25. The summed E-state index contributed by atoms with van der Waals surface area (Å²) < 4.78 is 32.9. The van der Waals surface area contributed by atoms with Gasteiger partial charge in [-0.2, -0.15) is 4.31 Å². The first-order valence-corrected chi connectivity index (χ1v) is 12.8. The van der Waals surface area contributed by atoms with Gasteiger partial charge in [-0.15, -0.1) is 0 Å². The van der Waals surface area contributed by atoms with Crippen molar-refractivity contribution in [1.82, 2.24) is 4.31 Å². The number of hydrogen-bond donors (Lipinski definition) is 1. The number of aryl methyl sites for hydroxylation is 2.